The number of nitrogens with zero attached hydrogens (tertiary/aromatic N) is 4. The van der Waals surface area contributed by atoms with Crippen LogP contribution in [0.5, 0.6) is 0 Å². The van der Waals surface area contributed by atoms with E-state index in [-0.39, 0.29) is 5.82 Å². The molecule has 0 fully saturated rings. The van der Waals surface area contributed by atoms with Crippen molar-refractivity contribution < 1.29 is 4.92 Å². The van der Waals surface area contributed by atoms with Gasteiger partial charge >= 0.3 is 5.82 Å². The second-order valence-corrected chi connectivity index (χ2v) is 4.51. The number of imidazole rings is 1. The van der Waals surface area contributed by atoms with E-state index in [0.717, 1.165) is 12.8 Å². The van der Waals surface area contributed by atoms with Gasteiger partial charge in [-0.15, -0.1) is 0 Å². The SMILES string of the molecule is N#CCCCCNc1nc2sccn2c1[N+](=O)[O-]. The molecule has 1 N–H and O–H groups in total. The molecule has 0 aliphatic heterocycles. The number of nitro groups is 1. The molecule has 94 valence electrons. The number of anilines is 1. The van der Waals surface area contributed by atoms with E-state index < -0.39 is 4.92 Å². The summed E-state index contributed by atoms with van der Waals surface area (Å²) < 4.78 is 1.46. The largest absolute Gasteiger partial charge is 0.372 e. The average Bonchev–Trinajstić information content (AvgIpc) is 2.87. The minimum absolute atomic E-state index is 0.0356. The van der Waals surface area contributed by atoms with Crippen molar-refractivity contribution in [1.29, 1.82) is 5.26 Å². The van der Waals surface area contributed by atoms with Crippen LogP contribution < -0.4 is 5.32 Å². The van der Waals surface area contributed by atoms with Gasteiger partial charge in [0.05, 0.1) is 6.07 Å². The van der Waals surface area contributed by atoms with Gasteiger partial charge in [0.15, 0.2) is 0 Å². The highest BCUT2D eigenvalue weighted by Gasteiger charge is 2.22. The summed E-state index contributed by atoms with van der Waals surface area (Å²) in [5, 5.41) is 24.1. The lowest BCUT2D eigenvalue weighted by atomic mass is 10.2. The molecule has 2 rings (SSSR count). The number of rotatable bonds is 6. The summed E-state index contributed by atoms with van der Waals surface area (Å²) >= 11 is 1.35. The molecule has 0 unspecified atom stereocenters. The van der Waals surface area contributed by atoms with Gasteiger partial charge in [-0.25, -0.2) is 0 Å². The first-order chi connectivity index (χ1) is 8.74. The number of unbranched alkanes of at least 4 members (excludes halogenated alkanes) is 2. The molecule has 2 heterocycles. The minimum atomic E-state index is -0.440. The van der Waals surface area contributed by atoms with E-state index in [9.17, 15) is 10.1 Å². The van der Waals surface area contributed by atoms with Crippen molar-refractivity contribution in [1.82, 2.24) is 9.38 Å². The van der Waals surface area contributed by atoms with Gasteiger partial charge in [0.25, 0.3) is 4.96 Å². The van der Waals surface area contributed by atoms with E-state index in [1.165, 1.54) is 15.7 Å². The normalized spacial score (nSPS) is 10.4. The van der Waals surface area contributed by atoms with Gasteiger partial charge in [-0.3, -0.25) is 0 Å². The molecule has 0 atom stereocenters. The molecule has 0 saturated carbocycles. The Labute approximate surface area is 107 Å². The second-order valence-electron chi connectivity index (χ2n) is 3.64. The summed E-state index contributed by atoms with van der Waals surface area (Å²) in [4.78, 5) is 15.3. The van der Waals surface area contributed by atoms with Crippen LogP contribution in [0.2, 0.25) is 0 Å². The van der Waals surface area contributed by atoms with Crippen LogP contribution in [0.3, 0.4) is 0 Å². The highest BCUT2D eigenvalue weighted by atomic mass is 32.1. The lowest BCUT2D eigenvalue weighted by Crippen LogP contribution is -2.04. The molecule has 0 spiro atoms. The van der Waals surface area contributed by atoms with Crippen molar-refractivity contribution in [3.8, 4) is 6.07 Å². The summed E-state index contributed by atoms with van der Waals surface area (Å²) in [6.07, 6.45) is 3.70. The van der Waals surface area contributed by atoms with Crippen LogP contribution in [0.25, 0.3) is 4.96 Å². The number of nitriles is 1. The number of fused-ring (bicyclic) bond motifs is 1. The van der Waals surface area contributed by atoms with Gasteiger partial charge in [0, 0.05) is 18.3 Å². The van der Waals surface area contributed by atoms with E-state index in [1.807, 2.05) is 0 Å². The van der Waals surface area contributed by atoms with E-state index in [0.29, 0.717) is 23.7 Å². The fourth-order valence-electron chi connectivity index (χ4n) is 1.60. The predicted octanol–water partition coefficient (Wildman–Crippen LogP) is 2.41. The molecule has 0 aliphatic carbocycles. The number of aromatic nitrogens is 2. The van der Waals surface area contributed by atoms with E-state index in [1.54, 1.807) is 11.6 Å². The Kier molecular flexibility index (Phi) is 3.74. The van der Waals surface area contributed by atoms with Gasteiger partial charge in [0.1, 0.15) is 6.20 Å². The fraction of sp³-hybridized carbons (Fsp3) is 0.400. The molecule has 0 aliphatic rings. The topological polar surface area (TPSA) is 96.3 Å². The lowest BCUT2D eigenvalue weighted by Gasteiger charge is -2.01. The number of thiazole rings is 1. The Morgan fingerprint density at radius 3 is 3.17 bits per heavy atom. The zero-order valence-corrected chi connectivity index (χ0v) is 10.3. The van der Waals surface area contributed by atoms with Crippen LogP contribution in [0.4, 0.5) is 11.6 Å². The number of nitrogens with one attached hydrogen (secondary N) is 1. The summed E-state index contributed by atoms with van der Waals surface area (Å²) in [5.41, 5.74) is 0. The fourth-order valence-corrected chi connectivity index (χ4v) is 2.31. The van der Waals surface area contributed by atoms with Crippen LogP contribution in [-0.4, -0.2) is 20.9 Å². The van der Waals surface area contributed by atoms with Crippen molar-refractivity contribution >= 4 is 27.9 Å². The average molecular weight is 265 g/mol. The maximum atomic E-state index is 11.0. The Morgan fingerprint density at radius 2 is 2.44 bits per heavy atom. The van der Waals surface area contributed by atoms with Crippen molar-refractivity contribution in [2.24, 2.45) is 0 Å². The predicted molar refractivity (Wildman–Crippen MR) is 67.7 cm³/mol. The van der Waals surface area contributed by atoms with E-state index in [2.05, 4.69) is 16.4 Å². The van der Waals surface area contributed by atoms with Crippen molar-refractivity contribution in [3.05, 3.63) is 21.7 Å². The number of hydrogen-bond donors (Lipinski definition) is 1. The molecule has 7 nitrogen and oxygen atoms in total. The Morgan fingerprint density at radius 1 is 1.61 bits per heavy atom. The van der Waals surface area contributed by atoms with Crippen LogP contribution in [0.1, 0.15) is 19.3 Å². The Hall–Kier alpha value is -2.14. The van der Waals surface area contributed by atoms with Crippen LogP contribution in [-0.2, 0) is 0 Å². The zero-order chi connectivity index (χ0) is 13.0. The summed E-state index contributed by atoms with van der Waals surface area (Å²) in [6.45, 7) is 0.577. The first-order valence-electron chi connectivity index (χ1n) is 5.45. The van der Waals surface area contributed by atoms with Crippen LogP contribution >= 0.6 is 11.3 Å². The lowest BCUT2D eigenvalue weighted by molar-refractivity contribution is -0.389. The van der Waals surface area contributed by atoms with Gasteiger partial charge in [-0.1, -0.05) is 11.3 Å². The minimum Gasteiger partial charge on any atom is -0.363 e. The van der Waals surface area contributed by atoms with Crippen LogP contribution in [0.15, 0.2) is 11.6 Å². The molecule has 2 aromatic rings. The van der Waals surface area contributed by atoms with Crippen molar-refractivity contribution in [3.63, 3.8) is 0 Å². The van der Waals surface area contributed by atoms with Gasteiger partial charge < -0.3 is 15.4 Å². The Bertz CT molecular complexity index is 597. The third kappa shape index (κ3) is 2.41. The molecule has 0 radical (unpaired) electrons. The molecular formula is C10H11N5O2S. The summed E-state index contributed by atoms with van der Waals surface area (Å²) in [6, 6.07) is 2.06. The van der Waals surface area contributed by atoms with Gasteiger partial charge in [-0.2, -0.15) is 14.6 Å². The smallest absolute Gasteiger partial charge is 0.363 e. The maximum absolute atomic E-state index is 11.0. The van der Waals surface area contributed by atoms with E-state index >= 15 is 0 Å². The van der Waals surface area contributed by atoms with E-state index in [4.69, 9.17) is 5.26 Å². The molecule has 0 amide bonds. The van der Waals surface area contributed by atoms with Crippen molar-refractivity contribution in [2.45, 2.75) is 19.3 Å². The third-order valence-corrected chi connectivity index (χ3v) is 3.17. The highest BCUT2D eigenvalue weighted by molar-refractivity contribution is 7.15. The summed E-state index contributed by atoms with van der Waals surface area (Å²) in [7, 11) is 0. The highest BCUT2D eigenvalue weighted by Crippen LogP contribution is 2.27. The molecule has 18 heavy (non-hydrogen) atoms. The molecule has 0 bridgehead atoms. The quantitative estimate of drug-likeness (QED) is 0.491. The van der Waals surface area contributed by atoms with Crippen molar-refractivity contribution in [2.75, 3.05) is 11.9 Å². The second kappa shape index (κ2) is 5.46. The standard InChI is InChI=1S/C10H11N5O2S/c11-4-2-1-3-5-12-8-9(15(16)17)14-6-7-18-10(14)13-8/h6-7,12H,1-3,5H2. The number of hydrogen-bond acceptors (Lipinski definition) is 6. The molecule has 0 aromatic carbocycles. The zero-order valence-electron chi connectivity index (χ0n) is 9.50. The first kappa shape index (κ1) is 12.3. The molecule has 8 heteroatoms. The van der Waals surface area contributed by atoms with Gasteiger partial charge in [-0.05, 0) is 17.8 Å². The summed E-state index contributed by atoms with van der Waals surface area (Å²) in [5.74, 6) is 0.260. The molecular weight excluding hydrogens is 254 g/mol. The Balaban J connectivity index is 2.08. The third-order valence-electron chi connectivity index (χ3n) is 2.42. The first-order valence-corrected chi connectivity index (χ1v) is 6.32. The van der Waals surface area contributed by atoms with Crippen LogP contribution in [0, 0.1) is 21.4 Å². The molecule has 0 saturated heterocycles. The maximum Gasteiger partial charge on any atom is 0.372 e. The monoisotopic (exact) mass is 265 g/mol. The van der Waals surface area contributed by atoms with Gasteiger partial charge in [0.2, 0.25) is 5.82 Å². The molecule has 2 aromatic heterocycles.